The average molecular weight is 376 g/mol. The number of aromatic nitrogens is 3. The van der Waals surface area contributed by atoms with Gasteiger partial charge in [0.05, 0.1) is 17.7 Å². The van der Waals surface area contributed by atoms with Crippen LogP contribution in [-0.2, 0) is 9.59 Å². The molecule has 9 heteroatoms. The minimum absolute atomic E-state index is 0.196. The van der Waals surface area contributed by atoms with E-state index in [0.717, 1.165) is 5.56 Å². The lowest BCUT2D eigenvalue weighted by molar-refractivity contribution is -0.122. The minimum atomic E-state index is -0.975. The lowest BCUT2D eigenvalue weighted by Gasteiger charge is -2.14. The van der Waals surface area contributed by atoms with Crippen LogP contribution in [0.4, 0.5) is 11.4 Å². The van der Waals surface area contributed by atoms with Crippen LogP contribution in [0.15, 0.2) is 54.9 Å². The first-order valence-corrected chi connectivity index (χ1v) is 8.56. The number of anilines is 2. The standard InChI is InChI=1S/C19H16N6O3/c26-16(22-12-5-3-4-11(8-12)17-20-10-21-25-17)9-15-19(28)23-14-7-2-1-6-13(14)18(27)24-15/h1-8,10,15H,9H2,(H,22,26)(H,23,28)(H,24,27)(H,20,21,25). The molecule has 1 aromatic heterocycles. The molecule has 9 nitrogen and oxygen atoms in total. The Kier molecular flexibility index (Phi) is 4.55. The lowest BCUT2D eigenvalue weighted by atomic mass is 10.1. The Balaban J connectivity index is 1.45. The summed E-state index contributed by atoms with van der Waals surface area (Å²) in [5.41, 5.74) is 2.08. The first kappa shape index (κ1) is 17.4. The van der Waals surface area contributed by atoms with Crippen LogP contribution in [0.5, 0.6) is 0 Å². The Morgan fingerprint density at radius 2 is 1.96 bits per heavy atom. The third kappa shape index (κ3) is 3.58. The number of hydrogen-bond acceptors (Lipinski definition) is 5. The third-order valence-electron chi connectivity index (χ3n) is 4.28. The van der Waals surface area contributed by atoms with E-state index in [4.69, 9.17) is 0 Å². The van der Waals surface area contributed by atoms with Gasteiger partial charge in [0.2, 0.25) is 11.8 Å². The highest BCUT2D eigenvalue weighted by Crippen LogP contribution is 2.20. The molecule has 3 amide bonds. The highest BCUT2D eigenvalue weighted by Gasteiger charge is 2.29. The van der Waals surface area contributed by atoms with Crippen molar-refractivity contribution in [1.29, 1.82) is 0 Å². The number of benzene rings is 2. The van der Waals surface area contributed by atoms with E-state index in [9.17, 15) is 14.4 Å². The highest BCUT2D eigenvalue weighted by molar-refractivity contribution is 6.11. The summed E-state index contributed by atoms with van der Waals surface area (Å²) in [6.45, 7) is 0. The molecule has 0 aliphatic carbocycles. The van der Waals surface area contributed by atoms with Gasteiger partial charge in [-0.1, -0.05) is 24.3 Å². The Morgan fingerprint density at radius 3 is 2.79 bits per heavy atom. The van der Waals surface area contributed by atoms with E-state index >= 15 is 0 Å². The Hall–Kier alpha value is -4.01. The van der Waals surface area contributed by atoms with E-state index < -0.39 is 23.8 Å². The van der Waals surface area contributed by atoms with Crippen molar-refractivity contribution >= 4 is 29.1 Å². The number of hydrogen-bond donors (Lipinski definition) is 4. The maximum Gasteiger partial charge on any atom is 0.254 e. The van der Waals surface area contributed by atoms with Crippen molar-refractivity contribution in [3.63, 3.8) is 0 Å². The molecule has 0 radical (unpaired) electrons. The molecule has 3 aromatic rings. The van der Waals surface area contributed by atoms with Crippen molar-refractivity contribution in [1.82, 2.24) is 20.5 Å². The van der Waals surface area contributed by atoms with Gasteiger partial charge >= 0.3 is 0 Å². The van der Waals surface area contributed by atoms with Crippen LogP contribution in [0.25, 0.3) is 11.4 Å². The Bertz CT molecular complexity index is 1050. The van der Waals surface area contributed by atoms with Crippen LogP contribution in [0.1, 0.15) is 16.8 Å². The molecule has 1 aliphatic rings. The zero-order valence-electron chi connectivity index (χ0n) is 14.6. The van der Waals surface area contributed by atoms with Crippen molar-refractivity contribution in [3.8, 4) is 11.4 Å². The summed E-state index contributed by atoms with van der Waals surface area (Å²) in [7, 11) is 0. The van der Waals surface area contributed by atoms with E-state index in [0.29, 0.717) is 22.8 Å². The molecule has 1 atom stereocenters. The fraction of sp³-hybridized carbons (Fsp3) is 0.105. The maximum atomic E-state index is 12.4. The molecule has 1 unspecified atom stereocenters. The van der Waals surface area contributed by atoms with Crippen LogP contribution >= 0.6 is 0 Å². The van der Waals surface area contributed by atoms with Gasteiger partial charge < -0.3 is 16.0 Å². The van der Waals surface area contributed by atoms with Gasteiger partial charge in [0.1, 0.15) is 12.4 Å². The van der Waals surface area contributed by atoms with Crippen LogP contribution in [0.3, 0.4) is 0 Å². The van der Waals surface area contributed by atoms with Crippen molar-refractivity contribution in [2.75, 3.05) is 10.6 Å². The number of H-pyrrole nitrogens is 1. The topological polar surface area (TPSA) is 129 Å². The first-order chi connectivity index (χ1) is 13.6. The number of carbonyl (C=O) groups excluding carboxylic acids is 3. The second kappa shape index (κ2) is 7.31. The number of para-hydroxylation sites is 1. The van der Waals surface area contributed by atoms with Gasteiger partial charge in [-0.15, -0.1) is 0 Å². The zero-order chi connectivity index (χ0) is 19.5. The minimum Gasteiger partial charge on any atom is -0.340 e. The smallest absolute Gasteiger partial charge is 0.254 e. The summed E-state index contributed by atoms with van der Waals surface area (Å²) in [4.78, 5) is 41.2. The van der Waals surface area contributed by atoms with Crippen molar-refractivity contribution < 1.29 is 14.4 Å². The number of nitrogens with one attached hydrogen (secondary N) is 4. The molecule has 140 valence electrons. The molecular formula is C19H16N6O3. The number of rotatable bonds is 4. The molecule has 2 aromatic carbocycles. The molecule has 28 heavy (non-hydrogen) atoms. The van der Waals surface area contributed by atoms with Gasteiger partial charge in [0.25, 0.3) is 5.91 Å². The second-order valence-corrected chi connectivity index (χ2v) is 6.23. The van der Waals surface area contributed by atoms with Gasteiger partial charge in [-0.3, -0.25) is 19.5 Å². The maximum absolute atomic E-state index is 12.4. The molecular weight excluding hydrogens is 360 g/mol. The summed E-state index contributed by atoms with van der Waals surface area (Å²) >= 11 is 0. The number of fused-ring (bicyclic) bond motifs is 1. The normalized spacial score (nSPS) is 15.8. The molecule has 0 saturated heterocycles. The highest BCUT2D eigenvalue weighted by atomic mass is 16.2. The second-order valence-electron chi connectivity index (χ2n) is 6.23. The molecule has 0 bridgehead atoms. The quantitative estimate of drug-likeness (QED) is 0.549. The number of aromatic amines is 1. The van der Waals surface area contributed by atoms with Gasteiger partial charge in [-0.25, -0.2) is 4.98 Å². The number of nitrogens with zero attached hydrogens (tertiary/aromatic N) is 2. The lowest BCUT2D eigenvalue weighted by Crippen LogP contribution is -2.43. The summed E-state index contributed by atoms with van der Waals surface area (Å²) in [6, 6.07) is 12.8. The Labute approximate surface area is 159 Å². The van der Waals surface area contributed by atoms with Gasteiger partial charge in [0.15, 0.2) is 5.82 Å². The van der Waals surface area contributed by atoms with E-state index in [1.165, 1.54) is 6.33 Å². The fourth-order valence-corrected chi connectivity index (χ4v) is 2.94. The van der Waals surface area contributed by atoms with Gasteiger partial charge in [-0.05, 0) is 24.3 Å². The predicted octanol–water partition coefficient (Wildman–Crippen LogP) is 1.55. The zero-order valence-corrected chi connectivity index (χ0v) is 14.6. The van der Waals surface area contributed by atoms with Gasteiger partial charge in [0, 0.05) is 11.3 Å². The van der Waals surface area contributed by atoms with E-state index in [2.05, 4.69) is 31.1 Å². The van der Waals surface area contributed by atoms with E-state index in [-0.39, 0.29) is 6.42 Å². The molecule has 2 heterocycles. The summed E-state index contributed by atoms with van der Waals surface area (Å²) < 4.78 is 0. The van der Waals surface area contributed by atoms with Crippen LogP contribution in [0, 0.1) is 0 Å². The van der Waals surface area contributed by atoms with Crippen LogP contribution < -0.4 is 16.0 Å². The molecule has 4 N–H and O–H groups in total. The monoisotopic (exact) mass is 376 g/mol. The van der Waals surface area contributed by atoms with Crippen LogP contribution in [0.2, 0.25) is 0 Å². The van der Waals surface area contributed by atoms with Crippen molar-refractivity contribution in [3.05, 3.63) is 60.4 Å². The SMILES string of the molecule is O=C(CC1NC(=O)c2ccccc2NC1=O)Nc1cccc(-c2ncn[nH]2)c1. The summed E-state index contributed by atoms with van der Waals surface area (Å²) in [5, 5.41) is 14.6. The Morgan fingerprint density at radius 1 is 1.11 bits per heavy atom. The van der Waals surface area contributed by atoms with E-state index in [1.807, 2.05) is 6.07 Å². The predicted molar refractivity (Wildman–Crippen MR) is 101 cm³/mol. The third-order valence-corrected chi connectivity index (χ3v) is 4.28. The largest absolute Gasteiger partial charge is 0.340 e. The van der Waals surface area contributed by atoms with Crippen molar-refractivity contribution in [2.45, 2.75) is 12.5 Å². The molecule has 0 spiro atoms. The molecule has 0 fully saturated rings. The summed E-state index contributed by atoms with van der Waals surface area (Å²) in [5.74, 6) is -0.673. The van der Waals surface area contributed by atoms with E-state index in [1.54, 1.807) is 42.5 Å². The number of amides is 3. The molecule has 0 saturated carbocycles. The van der Waals surface area contributed by atoms with Gasteiger partial charge in [-0.2, -0.15) is 5.10 Å². The number of carbonyl (C=O) groups is 3. The molecule has 1 aliphatic heterocycles. The summed E-state index contributed by atoms with van der Waals surface area (Å²) in [6.07, 6.45) is 1.20. The average Bonchev–Trinajstić information content (AvgIpc) is 3.19. The molecule has 4 rings (SSSR count). The first-order valence-electron chi connectivity index (χ1n) is 8.56. The van der Waals surface area contributed by atoms with Crippen molar-refractivity contribution in [2.24, 2.45) is 0 Å². The van der Waals surface area contributed by atoms with Crippen LogP contribution in [-0.4, -0.2) is 38.9 Å². The fourth-order valence-electron chi connectivity index (χ4n) is 2.94.